The lowest BCUT2D eigenvalue weighted by Crippen LogP contribution is -2.61. The third-order valence-corrected chi connectivity index (χ3v) is 3.86. The van der Waals surface area contributed by atoms with Gasteiger partial charge in [0, 0.05) is 11.6 Å². The van der Waals surface area contributed by atoms with Crippen LogP contribution in [0.3, 0.4) is 0 Å². The van der Waals surface area contributed by atoms with E-state index in [1.807, 2.05) is 0 Å². The van der Waals surface area contributed by atoms with E-state index in [-0.39, 0.29) is 0 Å². The van der Waals surface area contributed by atoms with Gasteiger partial charge in [0.1, 0.15) is 0 Å². The van der Waals surface area contributed by atoms with Gasteiger partial charge < -0.3 is 0 Å². The van der Waals surface area contributed by atoms with Gasteiger partial charge in [-0.3, -0.25) is 4.90 Å². The lowest BCUT2D eigenvalue weighted by molar-refractivity contribution is 0.0123. The quantitative estimate of drug-likeness (QED) is 0.595. The van der Waals surface area contributed by atoms with Crippen molar-refractivity contribution >= 4 is 17.1 Å². The second kappa shape index (κ2) is 3.32. The van der Waals surface area contributed by atoms with Crippen LogP contribution < -0.4 is 0 Å². The Hall–Kier alpha value is 0.0500. The molecule has 2 rings (SSSR count). The van der Waals surface area contributed by atoms with Gasteiger partial charge in [-0.15, -0.1) is 0 Å². The molecule has 1 saturated heterocycles. The third-order valence-electron chi connectivity index (χ3n) is 3.58. The molecule has 1 nitrogen and oxygen atoms in total. The minimum absolute atomic E-state index is 0.503. The molecule has 1 aliphatic carbocycles. The summed E-state index contributed by atoms with van der Waals surface area (Å²) >= 11 is 5.25. The fraction of sp³-hybridized carbons (Fsp3) is 0.909. The SMILES string of the molecule is CC(C)N1CCCCC12CC(=S)C2. The second-order valence-corrected chi connectivity index (χ2v) is 5.44. The van der Waals surface area contributed by atoms with Gasteiger partial charge in [0.15, 0.2) is 0 Å². The number of rotatable bonds is 1. The summed E-state index contributed by atoms with van der Waals surface area (Å²) in [5, 5.41) is 0. The minimum atomic E-state index is 0.503. The van der Waals surface area contributed by atoms with E-state index in [1.165, 1.54) is 43.5 Å². The van der Waals surface area contributed by atoms with Crippen LogP contribution in [-0.2, 0) is 0 Å². The Morgan fingerprint density at radius 3 is 2.54 bits per heavy atom. The molecule has 1 saturated carbocycles. The van der Waals surface area contributed by atoms with E-state index < -0.39 is 0 Å². The molecule has 2 aliphatic rings. The molecule has 1 heterocycles. The third kappa shape index (κ3) is 1.55. The molecular weight excluding hydrogens is 178 g/mol. The zero-order valence-electron chi connectivity index (χ0n) is 8.68. The maximum atomic E-state index is 5.25. The molecule has 0 radical (unpaired) electrons. The van der Waals surface area contributed by atoms with Crippen molar-refractivity contribution in [3.63, 3.8) is 0 Å². The normalized spacial score (nSPS) is 28.1. The van der Waals surface area contributed by atoms with E-state index in [0.29, 0.717) is 11.6 Å². The van der Waals surface area contributed by atoms with Crippen LogP contribution in [0.15, 0.2) is 0 Å². The molecule has 0 aromatic rings. The Bertz CT molecular complexity index is 214. The van der Waals surface area contributed by atoms with Crippen LogP contribution in [0.4, 0.5) is 0 Å². The fourth-order valence-electron chi connectivity index (χ4n) is 2.99. The van der Waals surface area contributed by atoms with Gasteiger partial charge in [-0.2, -0.15) is 0 Å². The van der Waals surface area contributed by atoms with Crippen LogP contribution in [0.2, 0.25) is 0 Å². The highest BCUT2D eigenvalue weighted by Crippen LogP contribution is 2.43. The summed E-state index contributed by atoms with van der Waals surface area (Å²) in [5.41, 5.74) is 0.503. The van der Waals surface area contributed by atoms with Crippen LogP contribution in [0, 0.1) is 0 Å². The molecule has 0 amide bonds. The molecule has 0 aromatic carbocycles. The van der Waals surface area contributed by atoms with Crippen LogP contribution in [0.25, 0.3) is 0 Å². The summed E-state index contributed by atoms with van der Waals surface area (Å²) in [4.78, 5) is 3.99. The highest BCUT2D eigenvalue weighted by molar-refractivity contribution is 7.80. The van der Waals surface area contributed by atoms with Crippen LogP contribution >= 0.6 is 12.2 Å². The Labute approximate surface area is 86.5 Å². The van der Waals surface area contributed by atoms with Crippen molar-refractivity contribution in [1.29, 1.82) is 0 Å². The van der Waals surface area contributed by atoms with Gasteiger partial charge in [0.2, 0.25) is 0 Å². The lowest BCUT2D eigenvalue weighted by Gasteiger charge is -2.55. The van der Waals surface area contributed by atoms with Gasteiger partial charge in [0.25, 0.3) is 0 Å². The first-order chi connectivity index (χ1) is 6.14. The Morgan fingerprint density at radius 1 is 1.31 bits per heavy atom. The minimum Gasteiger partial charge on any atom is -0.295 e. The van der Waals surface area contributed by atoms with Crippen LogP contribution in [0.5, 0.6) is 0 Å². The summed E-state index contributed by atoms with van der Waals surface area (Å²) in [7, 11) is 0. The number of hydrogen-bond acceptors (Lipinski definition) is 2. The fourth-order valence-corrected chi connectivity index (χ4v) is 3.52. The van der Waals surface area contributed by atoms with Crippen molar-refractivity contribution in [3.05, 3.63) is 0 Å². The van der Waals surface area contributed by atoms with Crippen molar-refractivity contribution in [3.8, 4) is 0 Å². The predicted molar refractivity (Wildman–Crippen MR) is 60.3 cm³/mol. The molecule has 0 aromatic heterocycles. The molecule has 1 spiro atoms. The highest BCUT2D eigenvalue weighted by atomic mass is 32.1. The van der Waals surface area contributed by atoms with Crippen molar-refractivity contribution in [1.82, 2.24) is 4.90 Å². The summed E-state index contributed by atoms with van der Waals surface area (Å²) < 4.78 is 0. The van der Waals surface area contributed by atoms with E-state index in [1.54, 1.807) is 0 Å². The van der Waals surface area contributed by atoms with Crippen LogP contribution in [0.1, 0.15) is 46.0 Å². The molecule has 2 heteroatoms. The standard InChI is InChI=1S/C11H19NS/c1-9(2)12-6-4-3-5-11(12)7-10(13)8-11/h9H,3-8H2,1-2H3. The monoisotopic (exact) mass is 197 g/mol. The topological polar surface area (TPSA) is 3.24 Å². The molecule has 74 valence electrons. The Balaban J connectivity index is 2.10. The maximum absolute atomic E-state index is 5.25. The maximum Gasteiger partial charge on any atom is 0.0302 e. The highest BCUT2D eigenvalue weighted by Gasteiger charge is 2.47. The summed E-state index contributed by atoms with van der Waals surface area (Å²) in [6.45, 7) is 5.92. The molecule has 2 fully saturated rings. The molecule has 0 atom stereocenters. The average Bonchev–Trinajstić information content (AvgIpc) is 2.02. The van der Waals surface area contributed by atoms with Crippen molar-refractivity contribution < 1.29 is 0 Å². The number of likely N-dealkylation sites (tertiary alicyclic amines) is 1. The second-order valence-electron chi connectivity index (χ2n) is 4.86. The van der Waals surface area contributed by atoms with Gasteiger partial charge in [-0.1, -0.05) is 18.6 Å². The predicted octanol–water partition coefficient (Wildman–Crippen LogP) is 2.78. The van der Waals surface area contributed by atoms with E-state index >= 15 is 0 Å². The molecule has 0 bridgehead atoms. The number of thiocarbonyl (C=S) groups is 1. The molecule has 0 N–H and O–H groups in total. The molecular formula is C11H19NS. The molecule has 0 unspecified atom stereocenters. The number of hydrogen-bond donors (Lipinski definition) is 0. The van der Waals surface area contributed by atoms with E-state index in [0.717, 1.165) is 0 Å². The molecule has 13 heavy (non-hydrogen) atoms. The van der Waals surface area contributed by atoms with Crippen molar-refractivity contribution in [2.45, 2.75) is 57.5 Å². The molecule has 1 aliphatic heterocycles. The van der Waals surface area contributed by atoms with Crippen molar-refractivity contribution in [2.24, 2.45) is 0 Å². The van der Waals surface area contributed by atoms with E-state index in [4.69, 9.17) is 12.2 Å². The smallest absolute Gasteiger partial charge is 0.0302 e. The Kier molecular flexibility index (Phi) is 2.45. The number of nitrogens with zero attached hydrogens (tertiary/aromatic N) is 1. The average molecular weight is 197 g/mol. The Morgan fingerprint density at radius 2 is 2.00 bits per heavy atom. The van der Waals surface area contributed by atoms with Gasteiger partial charge in [0.05, 0.1) is 0 Å². The number of piperidine rings is 1. The first kappa shape index (κ1) is 9.60. The van der Waals surface area contributed by atoms with Gasteiger partial charge in [-0.05, 0) is 50.9 Å². The zero-order chi connectivity index (χ0) is 9.47. The largest absolute Gasteiger partial charge is 0.295 e. The summed E-state index contributed by atoms with van der Waals surface area (Å²) in [6.07, 6.45) is 6.56. The van der Waals surface area contributed by atoms with Gasteiger partial charge >= 0.3 is 0 Å². The van der Waals surface area contributed by atoms with Crippen molar-refractivity contribution in [2.75, 3.05) is 6.54 Å². The first-order valence-electron chi connectivity index (χ1n) is 5.42. The van der Waals surface area contributed by atoms with Crippen LogP contribution in [-0.4, -0.2) is 27.9 Å². The van der Waals surface area contributed by atoms with E-state index in [9.17, 15) is 0 Å². The summed E-state index contributed by atoms with van der Waals surface area (Å²) in [6, 6.07) is 0.698. The summed E-state index contributed by atoms with van der Waals surface area (Å²) in [5.74, 6) is 0. The first-order valence-corrected chi connectivity index (χ1v) is 5.83. The lowest BCUT2D eigenvalue weighted by atomic mass is 9.69. The zero-order valence-corrected chi connectivity index (χ0v) is 9.49. The van der Waals surface area contributed by atoms with E-state index in [2.05, 4.69) is 18.7 Å². The van der Waals surface area contributed by atoms with Gasteiger partial charge in [-0.25, -0.2) is 0 Å².